The summed E-state index contributed by atoms with van der Waals surface area (Å²) in [6.07, 6.45) is 6.97. The molecule has 0 aromatic carbocycles. The molecule has 5 heteroatoms. The number of nitrogens with zero attached hydrogens (tertiary/aromatic N) is 4. The highest BCUT2D eigenvalue weighted by Crippen LogP contribution is 2.25. The van der Waals surface area contributed by atoms with Gasteiger partial charge in [0.1, 0.15) is 5.03 Å². The van der Waals surface area contributed by atoms with E-state index in [1.165, 1.54) is 11.8 Å². The number of rotatable bonds is 2. The fourth-order valence-electron chi connectivity index (χ4n) is 1.19. The molecule has 0 radical (unpaired) electrons. The summed E-state index contributed by atoms with van der Waals surface area (Å²) in [5.74, 6) is 0. The molecule has 17 heavy (non-hydrogen) atoms. The van der Waals surface area contributed by atoms with Crippen molar-refractivity contribution in [3.63, 3.8) is 0 Å². The second-order valence-electron chi connectivity index (χ2n) is 4.63. The monoisotopic (exact) mass is 246 g/mol. The molecule has 2 aromatic heterocycles. The van der Waals surface area contributed by atoms with Gasteiger partial charge in [-0.05, 0) is 17.8 Å². The van der Waals surface area contributed by atoms with Gasteiger partial charge in [0.2, 0.25) is 0 Å². The summed E-state index contributed by atoms with van der Waals surface area (Å²) >= 11 is 1.42. The predicted molar refractivity (Wildman–Crippen MR) is 66.9 cm³/mol. The quantitative estimate of drug-likeness (QED) is 0.763. The number of aromatic nitrogens is 4. The molecule has 0 aliphatic heterocycles. The Balaban J connectivity index is 2.23. The van der Waals surface area contributed by atoms with Crippen molar-refractivity contribution in [1.29, 1.82) is 0 Å². The summed E-state index contributed by atoms with van der Waals surface area (Å²) in [6.45, 7) is 6.35. The van der Waals surface area contributed by atoms with Crippen LogP contribution in [-0.4, -0.2) is 19.9 Å². The maximum atomic E-state index is 4.56. The lowest BCUT2D eigenvalue weighted by molar-refractivity contribution is 0.558. The van der Waals surface area contributed by atoms with Crippen LogP contribution in [0.5, 0.6) is 0 Å². The Hall–Kier alpha value is -1.49. The largest absolute Gasteiger partial charge is 0.260 e. The molecule has 0 spiro atoms. The zero-order valence-corrected chi connectivity index (χ0v) is 10.9. The lowest BCUT2D eigenvalue weighted by Gasteiger charge is -2.17. The van der Waals surface area contributed by atoms with Crippen LogP contribution in [0.1, 0.15) is 26.5 Å². The van der Waals surface area contributed by atoms with Gasteiger partial charge in [0.15, 0.2) is 5.16 Å². The van der Waals surface area contributed by atoms with Gasteiger partial charge in [0, 0.05) is 24.0 Å². The minimum atomic E-state index is 0.00111. The van der Waals surface area contributed by atoms with Crippen LogP contribution in [0, 0.1) is 0 Å². The molecule has 0 bridgehead atoms. The van der Waals surface area contributed by atoms with E-state index in [1.807, 2.05) is 0 Å². The molecule has 0 unspecified atom stereocenters. The fourth-order valence-corrected chi connectivity index (χ4v) is 1.86. The van der Waals surface area contributed by atoms with Gasteiger partial charge in [0.05, 0.1) is 11.9 Å². The van der Waals surface area contributed by atoms with Gasteiger partial charge >= 0.3 is 0 Å². The van der Waals surface area contributed by atoms with E-state index in [0.717, 1.165) is 10.7 Å². The van der Waals surface area contributed by atoms with E-state index in [1.54, 1.807) is 30.9 Å². The van der Waals surface area contributed by atoms with E-state index in [4.69, 9.17) is 0 Å². The summed E-state index contributed by atoms with van der Waals surface area (Å²) in [4.78, 5) is 17.1. The first-order chi connectivity index (χ1) is 8.05. The van der Waals surface area contributed by atoms with Gasteiger partial charge < -0.3 is 0 Å². The SMILES string of the molecule is CC(C)(C)c1cncc(Sc2ncccn2)n1. The molecular formula is C12H14N4S. The van der Waals surface area contributed by atoms with E-state index in [-0.39, 0.29) is 5.41 Å². The highest BCUT2D eigenvalue weighted by atomic mass is 32.2. The first kappa shape index (κ1) is 12.0. The zero-order chi connectivity index (χ0) is 12.3. The van der Waals surface area contributed by atoms with Crippen LogP contribution in [0.25, 0.3) is 0 Å². The minimum absolute atomic E-state index is 0.00111. The van der Waals surface area contributed by atoms with Crippen LogP contribution >= 0.6 is 11.8 Å². The molecule has 0 aliphatic carbocycles. The summed E-state index contributed by atoms with van der Waals surface area (Å²) in [5.41, 5.74) is 0.972. The van der Waals surface area contributed by atoms with Crippen LogP contribution in [-0.2, 0) is 5.41 Å². The third kappa shape index (κ3) is 3.23. The number of hydrogen-bond donors (Lipinski definition) is 0. The molecule has 2 rings (SSSR count). The van der Waals surface area contributed by atoms with Crippen LogP contribution < -0.4 is 0 Å². The van der Waals surface area contributed by atoms with Crippen molar-refractivity contribution in [1.82, 2.24) is 19.9 Å². The average Bonchev–Trinajstić information content (AvgIpc) is 2.29. The summed E-state index contributed by atoms with van der Waals surface area (Å²) in [6, 6.07) is 1.79. The van der Waals surface area contributed by atoms with Crippen molar-refractivity contribution >= 4 is 11.8 Å². The predicted octanol–water partition coefficient (Wildman–Crippen LogP) is 2.72. The normalized spacial score (nSPS) is 11.5. The van der Waals surface area contributed by atoms with Gasteiger partial charge in [-0.1, -0.05) is 20.8 Å². The Morgan fingerprint density at radius 1 is 1.06 bits per heavy atom. The molecular weight excluding hydrogens is 232 g/mol. The Labute approximate surface area is 105 Å². The summed E-state index contributed by atoms with van der Waals surface area (Å²) in [5, 5.41) is 1.51. The highest BCUT2D eigenvalue weighted by Gasteiger charge is 2.16. The first-order valence-corrected chi connectivity index (χ1v) is 6.15. The van der Waals surface area contributed by atoms with Gasteiger partial charge in [-0.15, -0.1) is 0 Å². The Kier molecular flexibility index (Phi) is 3.38. The van der Waals surface area contributed by atoms with E-state index in [2.05, 4.69) is 40.7 Å². The van der Waals surface area contributed by atoms with Gasteiger partial charge in [0.25, 0.3) is 0 Å². The molecule has 0 fully saturated rings. The maximum Gasteiger partial charge on any atom is 0.193 e. The Morgan fingerprint density at radius 2 is 1.76 bits per heavy atom. The Morgan fingerprint density at radius 3 is 2.41 bits per heavy atom. The van der Waals surface area contributed by atoms with E-state index in [9.17, 15) is 0 Å². The second kappa shape index (κ2) is 4.79. The summed E-state index contributed by atoms with van der Waals surface area (Å²) < 4.78 is 0. The maximum absolute atomic E-state index is 4.56. The molecule has 2 heterocycles. The lowest BCUT2D eigenvalue weighted by atomic mass is 9.93. The molecule has 4 nitrogen and oxygen atoms in total. The fraction of sp³-hybridized carbons (Fsp3) is 0.333. The van der Waals surface area contributed by atoms with E-state index < -0.39 is 0 Å². The van der Waals surface area contributed by atoms with Gasteiger partial charge in [-0.2, -0.15) is 0 Å². The van der Waals surface area contributed by atoms with Crippen LogP contribution in [0.4, 0.5) is 0 Å². The molecule has 0 saturated carbocycles. The average molecular weight is 246 g/mol. The molecule has 0 atom stereocenters. The third-order valence-electron chi connectivity index (χ3n) is 2.12. The van der Waals surface area contributed by atoms with Crippen molar-refractivity contribution < 1.29 is 0 Å². The second-order valence-corrected chi connectivity index (χ2v) is 5.61. The zero-order valence-electron chi connectivity index (χ0n) is 10.1. The van der Waals surface area contributed by atoms with Crippen molar-refractivity contribution in [3.05, 3.63) is 36.5 Å². The third-order valence-corrected chi connectivity index (χ3v) is 2.92. The topological polar surface area (TPSA) is 51.6 Å². The Bertz CT molecular complexity index is 493. The molecule has 88 valence electrons. The van der Waals surface area contributed by atoms with Crippen molar-refractivity contribution in [2.75, 3.05) is 0 Å². The van der Waals surface area contributed by atoms with E-state index in [0.29, 0.717) is 5.16 Å². The summed E-state index contributed by atoms with van der Waals surface area (Å²) in [7, 11) is 0. The highest BCUT2D eigenvalue weighted by molar-refractivity contribution is 7.99. The van der Waals surface area contributed by atoms with Crippen LogP contribution in [0.3, 0.4) is 0 Å². The number of hydrogen-bond acceptors (Lipinski definition) is 5. The molecule has 0 saturated heterocycles. The van der Waals surface area contributed by atoms with Crippen molar-refractivity contribution in [3.8, 4) is 0 Å². The first-order valence-electron chi connectivity index (χ1n) is 5.33. The standard InChI is InChI=1S/C12H14N4S/c1-12(2,3)9-7-13-8-10(16-9)17-11-14-5-4-6-15-11/h4-8H,1-3H3. The minimum Gasteiger partial charge on any atom is -0.260 e. The lowest BCUT2D eigenvalue weighted by Crippen LogP contribution is -2.14. The molecule has 2 aromatic rings. The van der Waals surface area contributed by atoms with Crippen molar-refractivity contribution in [2.45, 2.75) is 36.4 Å². The van der Waals surface area contributed by atoms with Crippen LogP contribution in [0.2, 0.25) is 0 Å². The van der Waals surface area contributed by atoms with E-state index >= 15 is 0 Å². The molecule has 0 amide bonds. The smallest absolute Gasteiger partial charge is 0.193 e. The van der Waals surface area contributed by atoms with Crippen molar-refractivity contribution in [2.24, 2.45) is 0 Å². The van der Waals surface area contributed by atoms with Gasteiger partial charge in [-0.25, -0.2) is 15.0 Å². The molecule has 0 aliphatic rings. The molecule has 0 N–H and O–H groups in total. The van der Waals surface area contributed by atoms with Crippen LogP contribution in [0.15, 0.2) is 41.0 Å². The van der Waals surface area contributed by atoms with Gasteiger partial charge in [-0.3, -0.25) is 4.98 Å².